The smallest absolute Gasteiger partial charge is 0.352 e. The number of hydrogen-bond acceptors (Lipinski definition) is 7. The third kappa shape index (κ3) is 5.12. The maximum atomic E-state index is 12.0. The number of benzene rings is 1. The van der Waals surface area contributed by atoms with E-state index in [1.54, 1.807) is 6.92 Å². The van der Waals surface area contributed by atoms with Crippen molar-refractivity contribution in [3.05, 3.63) is 35.9 Å². The Balaban J connectivity index is 2.86. The average molecular weight is 336 g/mol. The topological polar surface area (TPSA) is 88.1 Å². The summed E-state index contributed by atoms with van der Waals surface area (Å²) in [5.74, 6) is -1.73. The van der Waals surface area contributed by atoms with E-state index in [4.69, 9.17) is 18.9 Å². The van der Waals surface area contributed by atoms with Gasteiger partial charge in [0.25, 0.3) is 0 Å². The predicted molar refractivity (Wildman–Crippen MR) is 85.0 cm³/mol. The summed E-state index contributed by atoms with van der Waals surface area (Å²) in [6.45, 7) is 8.21. The van der Waals surface area contributed by atoms with E-state index in [2.05, 4.69) is 6.58 Å². The molecule has 0 spiro atoms. The molecule has 1 aromatic rings. The Labute approximate surface area is 140 Å². The van der Waals surface area contributed by atoms with Crippen LogP contribution in [0.4, 0.5) is 0 Å². The molecule has 130 valence electrons. The molecule has 7 heteroatoms. The van der Waals surface area contributed by atoms with Crippen molar-refractivity contribution in [3.8, 4) is 11.5 Å². The van der Waals surface area contributed by atoms with Gasteiger partial charge in [0.2, 0.25) is 0 Å². The summed E-state index contributed by atoms with van der Waals surface area (Å²) in [5.41, 5.74) is 0.432. The van der Waals surface area contributed by atoms with Crippen molar-refractivity contribution in [2.24, 2.45) is 0 Å². The number of methoxy groups -OCH3 is 1. The molecule has 0 radical (unpaired) electrons. The highest BCUT2D eigenvalue weighted by molar-refractivity contribution is 5.91. The molecule has 1 rings (SSSR count). The Morgan fingerprint density at radius 2 is 1.88 bits per heavy atom. The summed E-state index contributed by atoms with van der Waals surface area (Å²) in [6, 6.07) is 4.23. The lowest BCUT2D eigenvalue weighted by Gasteiger charge is -2.14. The van der Waals surface area contributed by atoms with Crippen LogP contribution in [0.25, 0.3) is 0 Å². The highest BCUT2D eigenvalue weighted by atomic mass is 16.6. The zero-order chi connectivity index (χ0) is 18.3. The summed E-state index contributed by atoms with van der Waals surface area (Å²) in [7, 11) is 1.37. The molecule has 0 saturated carbocycles. The van der Waals surface area contributed by atoms with Gasteiger partial charge < -0.3 is 18.9 Å². The Hall–Kier alpha value is -2.83. The molecule has 0 heterocycles. The molecule has 0 aliphatic heterocycles. The van der Waals surface area contributed by atoms with Crippen molar-refractivity contribution < 1.29 is 33.3 Å². The van der Waals surface area contributed by atoms with Crippen LogP contribution < -0.4 is 9.47 Å². The second-order valence-electron chi connectivity index (χ2n) is 4.84. The van der Waals surface area contributed by atoms with E-state index >= 15 is 0 Å². The van der Waals surface area contributed by atoms with Crippen molar-refractivity contribution in [1.82, 2.24) is 0 Å². The first kappa shape index (κ1) is 19.2. The minimum absolute atomic E-state index is 0.0915. The molecule has 0 N–H and O–H groups in total. The number of carbonyl (C=O) groups is 3. The normalized spacial score (nSPS) is 11.2. The summed E-state index contributed by atoms with van der Waals surface area (Å²) >= 11 is 0. The minimum atomic E-state index is -1.12. The van der Waals surface area contributed by atoms with Gasteiger partial charge in [-0.05, 0) is 39.0 Å². The first-order valence-corrected chi connectivity index (χ1v) is 7.23. The molecule has 0 aromatic heterocycles. The van der Waals surface area contributed by atoms with Crippen LogP contribution in [-0.4, -0.2) is 37.7 Å². The number of hydrogen-bond donors (Lipinski definition) is 0. The maximum Gasteiger partial charge on any atom is 0.352 e. The first-order valence-electron chi connectivity index (χ1n) is 7.23. The Kier molecular flexibility index (Phi) is 6.98. The van der Waals surface area contributed by atoms with Gasteiger partial charge >= 0.3 is 17.9 Å². The predicted octanol–water partition coefficient (Wildman–Crippen LogP) is 2.29. The van der Waals surface area contributed by atoms with E-state index in [0.717, 1.165) is 0 Å². The number of esters is 3. The number of carbonyl (C=O) groups excluding carboxylic acids is 3. The van der Waals surface area contributed by atoms with Crippen LogP contribution in [0.3, 0.4) is 0 Å². The first-order chi connectivity index (χ1) is 11.3. The summed E-state index contributed by atoms with van der Waals surface area (Å²) in [4.78, 5) is 35.1. The average Bonchev–Trinajstić information content (AvgIpc) is 2.54. The van der Waals surface area contributed by atoms with E-state index in [1.165, 1.54) is 39.2 Å². The third-order valence-electron chi connectivity index (χ3n) is 2.85. The highest BCUT2D eigenvalue weighted by Crippen LogP contribution is 2.29. The lowest BCUT2D eigenvalue weighted by molar-refractivity contribution is -0.158. The molecule has 1 unspecified atom stereocenters. The van der Waals surface area contributed by atoms with Gasteiger partial charge in [-0.15, -0.1) is 0 Å². The fourth-order valence-corrected chi connectivity index (χ4v) is 1.59. The van der Waals surface area contributed by atoms with Crippen LogP contribution in [0.1, 0.15) is 31.1 Å². The van der Waals surface area contributed by atoms with E-state index in [1.807, 2.05) is 0 Å². The summed E-state index contributed by atoms with van der Waals surface area (Å²) in [5, 5.41) is 0. The van der Waals surface area contributed by atoms with Crippen LogP contribution in [-0.2, 0) is 19.1 Å². The molecule has 1 aromatic carbocycles. The van der Waals surface area contributed by atoms with Gasteiger partial charge in [0, 0.05) is 5.57 Å². The lowest BCUT2D eigenvalue weighted by atomic mass is 10.2. The molecule has 0 aliphatic carbocycles. The van der Waals surface area contributed by atoms with Gasteiger partial charge in [0.15, 0.2) is 17.6 Å². The van der Waals surface area contributed by atoms with Gasteiger partial charge in [-0.25, -0.2) is 14.4 Å². The van der Waals surface area contributed by atoms with Crippen LogP contribution in [0, 0.1) is 0 Å². The van der Waals surface area contributed by atoms with Crippen molar-refractivity contribution >= 4 is 17.9 Å². The van der Waals surface area contributed by atoms with Crippen LogP contribution in [0.5, 0.6) is 11.5 Å². The largest absolute Gasteiger partial charge is 0.493 e. The SMILES string of the molecule is C=C(C)C(=O)OC(C)C(=O)Oc1ccc(C(=O)OCC)cc1OC. The van der Waals surface area contributed by atoms with Gasteiger partial charge in [0.05, 0.1) is 19.3 Å². The third-order valence-corrected chi connectivity index (χ3v) is 2.85. The van der Waals surface area contributed by atoms with Crippen molar-refractivity contribution in [2.75, 3.05) is 13.7 Å². The number of ether oxygens (including phenoxy) is 4. The molecule has 7 nitrogen and oxygen atoms in total. The monoisotopic (exact) mass is 336 g/mol. The van der Waals surface area contributed by atoms with Crippen molar-refractivity contribution in [1.29, 1.82) is 0 Å². The van der Waals surface area contributed by atoms with E-state index in [9.17, 15) is 14.4 Å². The van der Waals surface area contributed by atoms with Crippen LogP contribution in [0.2, 0.25) is 0 Å². The number of rotatable bonds is 7. The molecule has 1 atom stereocenters. The fourth-order valence-electron chi connectivity index (χ4n) is 1.59. The van der Waals surface area contributed by atoms with Gasteiger partial charge in [0.1, 0.15) is 0 Å². The van der Waals surface area contributed by atoms with Gasteiger partial charge in [-0.1, -0.05) is 6.58 Å². The van der Waals surface area contributed by atoms with Gasteiger partial charge in [-0.2, -0.15) is 0 Å². The molecule has 0 bridgehead atoms. The van der Waals surface area contributed by atoms with Crippen LogP contribution >= 0.6 is 0 Å². The standard InChI is InChI=1S/C17H20O7/c1-6-22-17(20)12-7-8-13(14(9-12)21-5)24-16(19)11(4)23-15(18)10(2)3/h7-9,11H,2,6H2,1,3-5H3. The summed E-state index contributed by atoms with van der Waals surface area (Å²) in [6.07, 6.45) is -1.12. The highest BCUT2D eigenvalue weighted by Gasteiger charge is 2.22. The second-order valence-corrected chi connectivity index (χ2v) is 4.84. The van der Waals surface area contributed by atoms with E-state index in [0.29, 0.717) is 0 Å². The van der Waals surface area contributed by atoms with Crippen LogP contribution in [0.15, 0.2) is 30.4 Å². The zero-order valence-electron chi connectivity index (χ0n) is 14.1. The molecule has 0 aliphatic rings. The summed E-state index contributed by atoms with van der Waals surface area (Å²) < 4.78 is 20.0. The molecular weight excluding hydrogens is 316 g/mol. The fraction of sp³-hybridized carbons (Fsp3) is 0.353. The van der Waals surface area contributed by atoms with Gasteiger partial charge in [-0.3, -0.25) is 0 Å². The maximum absolute atomic E-state index is 12.0. The molecule has 24 heavy (non-hydrogen) atoms. The van der Waals surface area contributed by atoms with Crippen molar-refractivity contribution in [2.45, 2.75) is 26.9 Å². The van der Waals surface area contributed by atoms with Crippen molar-refractivity contribution in [3.63, 3.8) is 0 Å². The minimum Gasteiger partial charge on any atom is -0.493 e. The second kappa shape index (κ2) is 8.71. The molecule has 0 amide bonds. The Morgan fingerprint density at radius 1 is 1.21 bits per heavy atom. The lowest BCUT2D eigenvalue weighted by Crippen LogP contribution is -2.28. The van der Waals surface area contributed by atoms with E-state index < -0.39 is 24.0 Å². The molecule has 0 saturated heterocycles. The van der Waals surface area contributed by atoms with E-state index in [-0.39, 0.29) is 29.2 Å². The zero-order valence-corrected chi connectivity index (χ0v) is 14.1. The Bertz CT molecular complexity index is 648. The quantitative estimate of drug-likeness (QED) is 0.429. The Morgan fingerprint density at radius 3 is 2.42 bits per heavy atom. The molecular formula is C17H20O7. The molecule has 0 fully saturated rings.